The fourth-order valence-corrected chi connectivity index (χ4v) is 5.20. The summed E-state index contributed by atoms with van der Waals surface area (Å²) >= 11 is 3.49. The predicted octanol–water partition coefficient (Wildman–Crippen LogP) is 5.14. The van der Waals surface area contributed by atoms with Gasteiger partial charge in [0, 0.05) is 24.8 Å². The van der Waals surface area contributed by atoms with Crippen LogP contribution in [0.3, 0.4) is 0 Å². The fourth-order valence-electron chi connectivity index (χ4n) is 3.16. The van der Waals surface area contributed by atoms with Crippen molar-refractivity contribution in [1.82, 2.24) is 0 Å². The normalized spacial score (nSPS) is 24.4. The first-order valence-electron chi connectivity index (χ1n) is 8.29. The molecule has 1 aromatic carbocycles. The molecule has 1 aliphatic heterocycles. The van der Waals surface area contributed by atoms with Gasteiger partial charge in [0.2, 0.25) is 0 Å². The standard InChI is InChI=1S/C19H23NO3S2/c1-13-11-19(22-3,8-9-23-13)16-10-18(24-12-16)25-17-6-4-15(5-7-17)14(2)20-21/h4-7,10,12-13,21H,8-9,11H2,1-3H3/b20-14-/t13-,19-/m0/s1. The van der Waals surface area contributed by atoms with E-state index < -0.39 is 0 Å². The van der Waals surface area contributed by atoms with Crippen LogP contribution in [0.5, 0.6) is 0 Å². The molecule has 0 amide bonds. The van der Waals surface area contributed by atoms with Crippen molar-refractivity contribution in [3.8, 4) is 0 Å². The van der Waals surface area contributed by atoms with Crippen molar-refractivity contribution < 1.29 is 14.7 Å². The molecule has 1 aromatic heterocycles. The van der Waals surface area contributed by atoms with Crippen LogP contribution in [0.15, 0.2) is 50.0 Å². The molecule has 0 spiro atoms. The van der Waals surface area contributed by atoms with Crippen molar-refractivity contribution in [3.05, 3.63) is 46.8 Å². The minimum Gasteiger partial charge on any atom is -0.411 e. The number of oxime groups is 1. The topological polar surface area (TPSA) is 51.0 Å². The third-order valence-electron chi connectivity index (χ3n) is 4.66. The van der Waals surface area contributed by atoms with Gasteiger partial charge in [0.1, 0.15) is 0 Å². The van der Waals surface area contributed by atoms with Gasteiger partial charge in [-0.05, 0) is 48.6 Å². The molecule has 0 bridgehead atoms. The molecule has 4 nitrogen and oxygen atoms in total. The Morgan fingerprint density at radius 1 is 1.40 bits per heavy atom. The summed E-state index contributed by atoms with van der Waals surface area (Å²) < 4.78 is 12.9. The van der Waals surface area contributed by atoms with E-state index >= 15 is 0 Å². The lowest BCUT2D eigenvalue weighted by molar-refractivity contribution is -0.122. The van der Waals surface area contributed by atoms with Crippen molar-refractivity contribution >= 4 is 28.8 Å². The molecule has 3 rings (SSSR count). The quantitative estimate of drug-likeness (QED) is 0.445. The lowest BCUT2D eigenvalue weighted by Crippen LogP contribution is -2.38. The lowest BCUT2D eigenvalue weighted by atomic mass is 9.85. The fraction of sp³-hybridized carbons (Fsp3) is 0.421. The maximum Gasteiger partial charge on any atom is 0.0982 e. The van der Waals surface area contributed by atoms with E-state index in [9.17, 15) is 0 Å². The van der Waals surface area contributed by atoms with Gasteiger partial charge in [-0.3, -0.25) is 0 Å². The Morgan fingerprint density at radius 3 is 2.80 bits per heavy atom. The Kier molecular flexibility index (Phi) is 5.84. The van der Waals surface area contributed by atoms with Gasteiger partial charge in [0.25, 0.3) is 0 Å². The number of hydrogen-bond acceptors (Lipinski definition) is 6. The van der Waals surface area contributed by atoms with Crippen molar-refractivity contribution in [3.63, 3.8) is 0 Å². The minimum atomic E-state index is -0.231. The van der Waals surface area contributed by atoms with Crippen LogP contribution in [0, 0.1) is 0 Å². The third kappa shape index (κ3) is 4.08. The number of rotatable bonds is 5. The molecular formula is C19H23NO3S2. The molecule has 6 heteroatoms. The van der Waals surface area contributed by atoms with Gasteiger partial charge in [-0.2, -0.15) is 0 Å². The van der Waals surface area contributed by atoms with E-state index in [1.54, 1.807) is 37.1 Å². The summed E-state index contributed by atoms with van der Waals surface area (Å²) in [6.07, 6.45) is 2.00. The van der Waals surface area contributed by atoms with Crippen molar-refractivity contribution in [2.45, 2.75) is 47.5 Å². The first-order chi connectivity index (χ1) is 12.1. The largest absolute Gasteiger partial charge is 0.411 e. The molecule has 2 atom stereocenters. The second-order valence-electron chi connectivity index (χ2n) is 6.30. The molecule has 1 aliphatic rings. The van der Waals surface area contributed by atoms with Crippen molar-refractivity contribution in [1.29, 1.82) is 0 Å². The zero-order chi connectivity index (χ0) is 17.9. The number of thiophene rings is 1. The van der Waals surface area contributed by atoms with E-state index in [-0.39, 0.29) is 11.7 Å². The molecule has 0 radical (unpaired) electrons. The van der Waals surface area contributed by atoms with Crippen LogP contribution in [0.2, 0.25) is 0 Å². The van der Waals surface area contributed by atoms with E-state index in [1.807, 2.05) is 12.1 Å². The lowest BCUT2D eigenvalue weighted by Gasteiger charge is -2.38. The molecule has 1 N–H and O–H groups in total. The monoisotopic (exact) mass is 377 g/mol. The molecule has 0 aliphatic carbocycles. The SMILES string of the molecule is CO[C@@]1(c2csc(Sc3ccc(/C(C)=N\O)cc3)c2)CCO[C@@H](C)C1. The Bertz CT molecular complexity index is 741. The average molecular weight is 378 g/mol. The summed E-state index contributed by atoms with van der Waals surface area (Å²) in [4.78, 5) is 1.16. The molecule has 2 aromatic rings. The third-order valence-corrected chi connectivity index (χ3v) is 6.75. The smallest absolute Gasteiger partial charge is 0.0982 e. The predicted molar refractivity (Wildman–Crippen MR) is 102 cm³/mol. The average Bonchev–Trinajstić information content (AvgIpc) is 3.10. The number of nitrogens with zero attached hydrogens (tertiary/aromatic N) is 1. The number of benzene rings is 1. The second kappa shape index (κ2) is 7.91. The number of ether oxygens (including phenoxy) is 2. The molecule has 2 heterocycles. The number of hydrogen-bond donors (Lipinski definition) is 1. The Hall–Kier alpha value is -1.34. The van der Waals surface area contributed by atoms with Gasteiger partial charge in [-0.25, -0.2) is 0 Å². The Labute approximate surface area is 156 Å². The van der Waals surface area contributed by atoms with Crippen LogP contribution in [-0.2, 0) is 15.1 Å². The van der Waals surface area contributed by atoms with Crippen molar-refractivity contribution in [2.24, 2.45) is 5.16 Å². The Balaban J connectivity index is 1.75. The highest BCUT2D eigenvalue weighted by Gasteiger charge is 2.38. The molecular weight excluding hydrogens is 354 g/mol. The zero-order valence-electron chi connectivity index (χ0n) is 14.7. The molecule has 0 unspecified atom stereocenters. The van der Waals surface area contributed by atoms with Crippen LogP contribution in [0.1, 0.15) is 37.8 Å². The second-order valence-corrected chi connectivity index (χ2v) is 8.59. The summed E-state index contributed by atoms with van der Waals surface area (Å²) in [6.45, 7) is 4.63. The molecule has 1 fully saturated rings. The summed E-state index contributed by atoms with van der Waals surface area (Å²) in [5.74, 6) is 0. The van der Waals surface area contributed by atoms with Gasteiger partial charge in [0.05, 0.1) is 28.2 Å². The van der Waals surface area contributed by atoms with Gasteiger partial charge in [-0.15, -0.1) is 11.3 Å². The summed E-state index contributed by atoms with van der Waals surface area (Å²) in [6, 6.07) is 10.3. The van der Waals surface area contributed by atoms with E-state index in [0.29, 0.717) is 5.71 Å². The maximum absolute atomic E-state index is 8.85. The van der Waals surface area contributed by atoms with E-state index in [4.69, 9.17) is 14.7 Å². The van der Waals surface area contributed by atoms with Crippen LogP contribution in [-0.4, -0.2) is 30.7 Å². The molecule has 25 heavy (non-hydrogen) atoms. The van der Waals surface area contributed by atoms with Crippen LogP contribution in [0.25, 0.3) is 0 Å². The summed E-state index contributed by atoms with van der Waals surface area (Å²) in [7, 11) is 1.80. The Morgan fingerprint density at radius 2 is 2.16 bits per heavy atom. The van der Waals surface area contributed by atoms with Gasteiger partial charge < -0.3 is 14.7 Å². The summed E-state index contributed by atoms with van der Waals surface area (Å²) in [5.41, 5.74) is 2.56. The van der Waals surface area contributed by atoms with E-state index in [2.05, 4.69) is 35.7 Å². The summed E-state index contributed by atoms with van der Waals surface area (Å²) in [5, 5.41) is 14.3. The van der Waals surface area contributed by atoms with Crippen LogP contribution < -0.4 is 0 Å². The van der Waals surface area contributed by atoms with Gasteiger partial charge in [-0.1, -0.05) is 29.1 Å². The van der Waals surface area contributed by atoms with E-state index in [0.717, 1.165) is 29.9 Å². The first kappa shape index (κ1) is 18.5. The van der Waals surface area contributed by atoms with Gasteiger partial charge in [0.15, 0.2) is 0 Å². The minimum absolute atomic E-state index is 0.216. The first-order valence-corrected chi connectivity index (χ1v) is 9.98. The zero-order valence-corrected chi connectivity index (χ0v) is 16.3. The molecule has 134 valence electrons. The van der Waals surface area contributed by atoms with E-state index in [1.165, 1.54) is 9.77 Å². The number of methoxy groups -OCH3 is 1. The van der Waals surface area contributed by atoms with Gasteiger partial charge >= 0.3 is 0 Å². The highest BCUT2D eigenvalue weighted by molar-refractivity contribution is 8.01. The highest BCUT2D eigenvalue weighted by Crippen LogP contribution is 2.42. The van der Waals surface area contributed by atoms with Crippen LogP contribution in [0.4, 0.5) is 0 Å². The molecule has 1 saturated heterocycles. The highest BCUT2D eigenvalue weighted by atomic mass is 32.2. The van der Waals surface area contributed by atoms with Crippen LogP contribution >= 0.6 is 23.1 Å². The van der Waals surface area contributed by atoms with Crippen molar-refractivity contribution in [2.75, 3.05) is 13.7 Å². The molecule has 0 saturated carbocycles. The maximum atomic E-state index is 8.85.